The highest BCUT2D eigenvalue weighted by molar-refractivity contribution is 5.81. The number of hydrogen-bond donors (Lipinski definition) is 1. The zero-order valence-corrected chi connectivity index (χ0v) is 11.4. The molecule has 1 heterocycles. The third kappa shape index (κ3) is 4.64. The van der Waals surface area contributed by atoms with Gasteiger partial charge in [-0.1, -0.05) is 20.8 Å². The van der Waals surface area contributed by atoms with E-state index in [1.54, 1.807) is 0 Å². The molecule has 0 aromatic rings. The van der Waals surface area contributed by atoms with Gasteiger partial charge in [-0.2, -0.15) is 0 Å². The molecule has 1 amide bonds. The maximum Gasteiger partial charge on any atom is 0.228 e. The van der Waals surface area contributed by atoms with Crippen LogP contribution in [0.5, 0.6) is 0 Å². The molecule has 17 heavy (non-hydrogen) atoms. The molecule has 1 aliphatic rings. The topological polar surface area (TPSA) is 43.8 Å². The van der Waals surface area contributed by atoms with Crippen molar-refractivity contribution in [1.82, 2.24) is 9.80 Å². The molecule has 0 saturated carbocycles. The van der Waals surface area contributed by atoms with Crippen LogP contribution in [0.25, 0.3) is 0 Å². The summed E-state index contributed by atoms with van der Waals surface area (Å²) in [4.78, 5) is 16.4. The number of carbonyl (C=O) groups excluding carboxylic acids is 1. The van der Waals surface area contributed by atoms with E-state index < -0.39 is 0 Å². The number of aliphatic hydroxyl groups excluding tert-OH is 1. The maximum atomic E-state index is 12.1. The summed E-state index contributed by atoms with van der Waals surface area (Å²) in [6, 6.07) is 0. The molecule has 1 fully saturated rings. The average molecular weight is 242 g/mol. The van der Waals surface area contributed by atoms with Crippen LogP contribution in [0.15, 0.2) is 0 Å². The van der Waals surface area contributed by atoms with Crippen molar-refractivity contribution in [3.05, 3.63) is 0 Å². The molecule has 1 N–H and O–H groups in total. The lowest BCUT2D eigenvalue weighted by Gasteiger charge is -2.37. The zero-order chi connectivity index (χ0) is 12.9. The standard InChI is InChI=1S/C13H26N2O2/c1-13(2,3)12(17)15-9-7-14(8-10-15)6-4-5-11-16/h16H,4-11H2,1-3H3. The number of amides is 1. The molecule has 1 rings (SSSR count). The van der Waals surface area contributed by atoms with Gasteiger partial charge in [0.2, 0.25) is 5.91 Å². The highest BCUT2D eigenvalue weighted by atomic mass is 16.2. The lowest BCUT2D eigenvalue weighted by Crippen LogP contribution is -2.51. The van der Waals surface area contributed by atoms with Gasteiger partial charge >= 0.3 is 0 Å². The summed E-state index contributed by atoms with van der Waals surface area (Å²) in [5.74, 6) is 0.257. The van der Waals surface area contributed by atoms with E-state index in [4.69, 9.17) is 5.11 Å². The smallest absolute Gasteiger partial charge is 0.228 e. The first-order valence-electron chi connectivity index (χ1n) is 6.58. The molecule has 0 aromatic carbocycles. The van der Waals surface area contributed by atoms with Crippen molar-refractivity contribution in [3.8, 4) is 0 Å². The molecule has 0 bridgehead atoms. The minimum Gasteiger partial charge on any atom is -0.396 e. The Morgan fingerprint density at radius 2 is 1.71 bits per heavy atom. The first-order valence-corrected chi connectivity index (χ1v) is 6.58. The SMILES string of the molecule is CC(C)(C)C(=O)N1CCN(CCCCO)CC1. The summed E-state index contributed by atoms with van der Waals surface area (Å²) in [6.07, 6.45) is 1.92. The van der Waals surface area contributed by atoms with Crippen LogP contribution in [-0.2, 0) is 4.79 Å². The van der Waals surface area contributed by atoms with Crippen molar-refractivity contribution in [2.24, 2.45) is 5.41 Å². The average Bonchev–Trinajstić information content (AvgIpc) is 2.28. The molecule has 0 radical (unpaired) electrons. The summed E-state index contributed by atoms with van der Waals surface area (Å²) in [5.41, 5.74) is -0.265. The van der Waals surface area contributed by atoms with Crippen LogP contribution in [0.3, 0.4) is 0 Å². The number of unbranched alkanes of at least 4 members (excludes halogenated alkanes) is 1. The van der Waals surface area contributed by atoms with Crippen LogP contribution in [-0.4, -0.2) is 60.1 Å². The van der Waals surface area contributed by atoms with Crippen LogP contribution >= 0.6 is 0 Å². The van der Waals surface area contributed by atoms with E-state index in [0.717, 1.165) is 45.6 Å². The van der Waals surface area contributed by atoms with E-state index in [1.807, 2.05) is 25.7 Å². The van der Waals surface area contributed by atoms with Gasteiger partial charge in [0.25, 0.3) is 0 Å². The monoisotopic (exact) mass is 242 g/mol. The van der Waals surface area contributed by atoms with Gasteiger partial charge in [-0.05, 0) is 19.4 Å². The summed E-state index contributed by atoms with van der Waals surface area (Å²) < 4.78 is 0. The van der Waals surface area contributed by atoms with Gasteiger partial charge < -0.3 is 10.0 Å². The Bertz CT molecular complexity index is 240. The lowest BCUT2D eigenvalue weighted by atomic mass is 9.94. The van der Waals surface area contributed by atoms with Gasteiger partial charge in [0.1, 0.15) is 0 Å². The Morgan fingerprint density at radius 3 is 2.18 bits per heavy atom. The Morgan fingerprint density at radius 1 is 1.12 bits per heavy atom. The van der Waals surface area contributed by atoms with Crippen molar-refractivity contribution >= 4 is 5.91 Å². The number of carbonyl (C=O) groups is 1. The quantitative estimate of drug-likeness (QED) is 0.747. The second-order valence-corrected chi connectivity index (χ2v) is 5.81. The number of hydrogen-bond acceptors (Lipinski definition) is 3. The fourth-order valence-corrected chi connectivity index (χ4v) is 2.10. The molecule has 1 saturated heterocycles. The Labute approximate surface area is 105 Å². The van der Waals surface area contributed by atoms with Crippen LogP contribution in [0, 0.1) is 5.41 Å². The highest BCUT2D eigenvalue weighted by Gasteiger charge is 2.29. The largest absolute Gasteiger partial charge is 0.396 e. The van der Waals surface area contributed by atoms with Gasteiger partial charge in [-0.3, -0.25) is 9.69 Å². The van der Waals surface area contributed by atoms with Crippen LogP contribution in [0.2, 0.25) is 0 Å². The van der Waals surface area contributed by atoms with Gasteiger partial charge in [0, 0.05) is 38.2 Å². The summed E-state index contributed by atoms with van der Waals surface area (Å²) >= 11 is 0. The molecule has 1 aliphatic heterocycles. The van der Waals surface area contributed by atoms with E-state index in [-0.39, 0.29) is 17.9 Å². The Kier molecular flexibility index (Phi) is 5.40. The van der Waals surface area contributed by atoms with Crippen molar-refractivity contribution in [2.45, 2.75) is 33.6 Å². The first-order chi connectivity index (χ1) is 7.95. The third-order valence-corrected chi connectivity index (χ3v) is 3.18. The summed E-state index contributed by atoms with van der Waals surface area (Å²) in [7, 11) is 0. The number of rotatable bonds is 4. The van der Waals surface area contributed by atoms with Crippen molar-refractivity contribution < 1.29 is 9.90 Å². The molecular weight excluding hydrogens is 216 g/mol. The molecular formula is C13H26N2O2. The van der Waals surface area contributed by atoms with E-state index in [1.165, 1.54) is 0 Å². The van der Waals surface area contributed by atoms with Crippen LogP contribution in [0.4, 0.5) is 0 Å². The Hall–Kier alpha value is -0.610. The molecule has 100 valence electrons. The summed E-state index contributed by atoms with van der Waals surface area (Å²) in [6.45, 7) is 10.9. The van der Waals surface area contributed by atoms with Crippen molar-refractivity contribution in [1.29, 1.82) is 0 Å². The van der Waals surface area contributed by atoms with E-state index in [2.05, 4.69) is 4.90 Å². The molecule has 0 aromatic heterocycles. The molecule has 0 aliphatic carbocycles. The van der Waals surface area contributed by atoms with E-state index in [0.29, 0.717) is 0 Å². The van der Waals surface area contributed by atoms with Gasteiger partial charge in [-0.15, -0.1) is 0 Å². The molecule has 4 nitrogen and oxygen atoms in total. The number of nitrogens with zero attached hydrogens (tertiary/aromatic N) is 2. The first kappa shape index (κ1) is 14.5. The molecule has 0 unspecified atom stereocenters. The van der Waals surface area contributed by atoms with Gasteiger partial charge in [0.05, 0.1) is 0 Å². The van der Waals surface area contributed by atoms with Gasteiger partial charge in [-0.25, -0.2) is 0 Å². The third-order valence-electron chi connectivity index (χ3n) is 3.18. The highest BCUT2D eigenvalue weighted by Crippen LogP contribution is 2.18. The van der Waals surface area contributed by atoms with Gasteiger partial charge in [0.15, 0.2) is 0 Å². The van der Waals surface area contributed by atoms with Crippen LogP contribution < -0.4 is 0 Å². The minimum atomic E-state index is -0.265. The normalized spacial score (nSPS) is 18.5. The molecule has 0 spiro atoms. The molecule has 0 atom stereocenters. The Balaban J connectivity index is 2.28. The predicted molar refractivity (Wildman–Crippen MR) is 68.8 cm³/mol. The second kappa shape index (κ2) is 6.36. The lowest BCUT2D eigenvalue weighted by molar-refractivity contribution is -0.141. The van der Waals surface area contributed by atoms with Crippen molar-refractivity contribution in [2.75, 3.05) is 39.3 Å². The van der Waals surface area contributed by atoms with E-state index >= 15 is 0 Å². The molecule has 4 heteroatoms. The summed E-state index contributed by atoms with van der Waals surface area (Å²) in [5, 5.41) is 8.73. The number of piperazine rings is 1. The maximum absolute atomic E-state index is 12.1. The number of aliphatic hydroxyl groups is 1. The minimum absolute atomic E-state index is 0.257. The van der Waals surface area contributed by atoms with Crippen LogP contribution in [0.1, 0.15) is 33.6 Å². The zero-order valence-electron chi connectivity index (χ0n) is 11.4. The fraction of sp³-hybridized carbons (Fsp3) is 0.923. The fourth-order valence-electron chi connectivity index (χ4n) is 2.10. The predicted octanol–water partition coefficient (Wildman–Crippen LogP) is 0.949. The second-order valence-electron chi connectivity index (χ2n) is 5.81. The van der Waals surface area contributed by atoms with Crippen molar-refractivity contribution in [3.63, 3.8) is 0 Å². The van der Waals surface area contributed by atoms with E-state index in [9.17, 15) is 4.79 Å².